The van der Waals surface area contributed by atoms with Crippen LogP contribution in [0.3, 0.4) is 0 Å². The van der Waals surface area contributed by atoms with Gasteiger partial charge in [0.25, 0.3) is 0 Å². The van der Waals surface area contributed by atoms with Gasteiger partial charge in [-0.25, -0.2) is 0 Å². The normalized spacial score (nSPS) is 28.2. The molecule has 0 saturated heterocycles. The number of rotatable bonds is 3. The van der Waals surface area contributed by atoms with Crippen LogP contribution in [-0.4, -0.2) is 16.7 Å². The van der Waals surface area contributed by atoms with Crippen molar-refractivity contribution in [3.8, 4) is 0 Å². The Bertz CT molecular complexity index is 435. The molecular formula is C13H18N2OS. The number of primary amides is 1. The molecule has 17 heavy (non-hydrogen) atoms. The topological polar surface area (TPSA) is 69.1 Å². The molecule has 2 unspecified atom stereocenters. The highest BCUT2D eigenvalue weighted by Crippen LogP contribution is 2.39. The molecular weight excluding hydrogens is 232 g/mol. The molecule has 3 nitrogen and oxygen atoms in total. The number of benzene rings is 1. The molecule has 0 spiro atoms. The average Bonchev–Trinajstić information content (AvgIpc) is 2.65. The maximum Gasteiger partial charge on any atom is 0.237 e. The Labute approximate surface area is 106 Å². The fourth-order valence-corrected chi connectivity index (χ4v) is 3.61. The molecule has 1 fully saturated rings. The molecule has 0 aliphatic heterocycles. The molecule has 2 atom stereocenters. The predicted molar refractivity (Wildman–Crippen MR) is 70.8 cm³/mol. The van der Waals surface area contributed by atoms with Crippen LogP contribution in [0.25, 0.3) is 0 Å². The van der Waals surface area contributed by atoms with E-state index in [9.17, 15) is 4.79 Å². The van der Waals surface area contributed by atoms with Crippen molar-refractivity contribution in [1.29, 1.82) is 0 Å². The van der Waals surface area contributed by atoms with Crippen molar-refractivity contribution in [1.82, 2.24) is 0 Å². The van der Waals surface area contributed by atoms with Crippen LogP contribution in [-0.2, 0) is 4.79 Å². The summed E-state index contributed by atoms with van der Waals surface area (Å²) in [5.41, 5.74) is 11.8. The summed E-state index contributed by atoms with van der Waals surface area (Å²) in [6.45, 7) is 2.10. The van der Waals surface area contributed by atoms with E-state index in [0.29, 0.717) is 18.1 Å². The van der Waals surface area contributed by atoms with Gasteiger partial charge in [0.2, 0.25) is 5.91 Å². The molecule has 0 bridgehead atoms. The molecule has 0 aromatic heterocycles. The third-order valence-corrected chi connectivity index (χ3v) is 4.83. The quantitative estimate of drug-likeness (QED) is 0.859. The zero-order chi connectivity index (χ0) is 12.5. The molecule has 1 amide bonds. The van der Waals surface area contributed by atoms with E-state index in [0.717, 1.165) is 6.42 Å². The van der Waals surface area contributed by atoms with Gasteiger partial charge in [-0.15, -0.1) is 11.8 Å². The highest BCUT2D eigenvalue weighted by Gasteiger charge is 2.40. The van der Waals surface area contributed by atoms with Crippen molar-refractivity contribution >= 4 is 17.7 Å². The lowest BCUT2D eigenvalue weighted by Gasteiger charge is -2.19. The molecule has 2 rings (SSSR count). The molecule has 4 heteroatoms. The highest BCUT2D eigenvalue weighted by atomic mass is 32.2. The average molecular weight is 250 g/mol. The Balaban J connectivity index is 2.04. The zero-order valence-electron chi connectivity index (χ0n) is 9.98. The molecule has 0 heterocycles. The van der Waals surface area contributed by atoms with Crippen molar-refractivity contribution in [3.63, 3.8) is 0 Å². The SMILES string of the molecule is Cc1ccccc1SC1CCC(N)(C(N)=O)C1. The van der Waals surface area contributed by atoms with Crippen LogP contribution in [0, 0.1) is 6.92 Å². The standard InChI is InChI=1S/C13H18N2OS/c1-9-4-2-3-5-11(9)17-10-6-7-13(15,8-10)12(14)16/h2-5,10H,6-8,15H2,1H3,(H2,14,16). The van der Waals surface area contributed by atoms with Crippen LogP contribution >= 0.6 is 11.8 Å². The molecule has 1 saturated carbocycles. The number of aryl methyl sites for hydroxylation is 1. The van der Waals surface area contributed by atoms with Gasteiger partial charge in [-0.05, 0) is 37.8 Å². The Hall–Kier alpha value is -1.00. The zero-order valence-corrected chi connectivity index (χ0v) is 10.8. The Morgan fingerprint density at radius 2 is 2.18 bits per heavy atom. The summed E-state index contributed by atoms with van der Waals surface area (Å²) in [5, 5.41) is 0.397. The number of hydrogen-bond acceptors (Lipinski definition) is 3. The van der Waals surface area contributed by atoms with Gasteiger partial charge in [-0.3, -0.25) is 4.79 Å². The largest absolute Gasteiger partial charge is 0.368 e. The third kappa shape index (κ3) is 2.64. The second-order valence-electron chi connectivity index (χ2n) is 4.77. The fraction of sp³-hybridized carbons (Fsp3) is 0.462. The molecule has 0 radical (unpaired) electrons. The first kappa shape index (κ1) is 12.5. The summed E-state index contributed by atoms with van der Waals surface area (Å²) < 4.78 is 0. The van der Waals surface area contributed by atoms with Crippen molar-refractivity contribution in [2.75, 3.05) is 0 Å². The highest BCUT2D eigenvalue weighted by molar-refractivity contribution is 8.00. The lowest BCUT2D eigenvalue weighted by molar-refractivity contribution is -0.122. The maximum atomic E-state index is 11.3. The van der Waals surface area contributed by atoms with E-state index in [1.165, 1.54) is 10.5 Å². The van der Waals surface area contributed by atoms with Gasteiger partial charge < -0.3 is 11.5 Å². The van der Waals surface area contributed by atoms with Gasteiger partial charge in [-0.2, -0.15) is 0 Å². The van der Waals surface area contributed by atoms with Crippen LogP contribution < -0.4 is 11.5 Å². The Morgan fingerprint density at radius 3 is 2.76 bits per heavy atom. The smallest absolute Gasteiger partial charge is 0.237 e. The minimum atomic E-state index is -0.791. The molecule has 1 aromatic rings. The van der Waals surface area contributed by atoms with Crippen LogP contribution in [0.2, 0.25) is 0 Å². The minimum Gasteiger partial charge on any atom is -0.368 e. The van der Waals surface area contributed by atoms with E-state index in [1.807, 2.05) is 23.9 Å². The van der Waals surface area contributed by atoms with Crippen LogP contribution in [0.15, 0.2) is 29.2 Å². The van der Waals surface area contributed by atoms with Crippen molar-refractivity contribution in [3.05, 3.63) is 29.8 Å². The number of hydrogen-bond donors (Lipinski definition) is 2. The monoisotopic (exact) mass is 250 g/mol. The van der Waals surface area contributed by atoms with Gasteiger partial charge >= 0.3 is 0 Å². The lowest BCUT2D eigenvalue weighted by atomic mass is 9.99. The van der Waals surface area contributed by atoms with E-state index >= 15 is 0 Å². The molecule has 92 valence electrons. The Morgan fingerprint density at radius 1 is 1.47 bits per heavy atom. The molecule has 1 aliphatic rings. The summed E-state index contributed by atoms with van der Waals surface area (Å²) >= 11 is 1.81. The summed E-state index contributed by atoms with van der Waals surface area (Å²) in [5.74, 6) is -0.370. The van der Waals surface area contributed by atoms with Crippen LogP contribution in [0.5, 0.6) is 0 Å². The van der Waals surface area contributed by atoms with Gasteiger partial charge in [0.05, 0.1) is 5.54 Å². The van der Waals surface area contributed by atoms with Crippen molar-refractivity contribution in [2.45, 2.75) is 41.9 Å². The molecule has 1 aromatic carbocycles. The van der Waals surface area contributed by atoms with Gasteiger partial charge in [-0.1, -0.05) is 18.2 Å². The maximum absolute atomic E-state index is 11.3. The van der Waals surface area contributed by atoms with E-state index in [4.69, 9.17) is 11.5 Å². The number of carbonyl (C=O) groups excluding carboxylic acids is 1. The van der Waals surface area contributed by atoms with E-state index < -0.39 is 5.54 Å². The van der Waals surface area contributed by atoms with E-state index in [-0.39, 0.29) is 5.91 Å². The predicted octanol–water partition coefficient (Wildman–Crippen LogP) is 1.82. The van der Waals surface area contributed by atoms with Crippen LogP contribution in [0.4, 0.5) is 0 Å². The summed E-state index contributed by atoms with van der Waals surface area (Å²) in [6.07, 6.45) is 2.34. The second kappa shape index (κ2) is 4.70. The van der Waals surface area contributed by atoms with Gasteiger partial charge in [0.1, 0.15) is 0 Å². The minimum absolute atomic E-state index is 0.370. The number of thioether (sulfide) groups is 1. The Kier molecular flexibility index (Phi) is 3.45. The van der Waals surface area contributed by atoms with Gasteiger partial charge in [0, 0.05) is 10.1 Å². The first-order valence-electron chi connectivity index (χ1n) is 5.82. The summed E-state index contributed by atoms with van der Waals surface area (Å²) in [4.78, 5) is 12.5. The number of amides is 1. The first-order valence-corrected chi connectivity index (χ1v) is 6.70. The van der Waals surface area contributed by atoms with Gasteiger partial charge in [0.15, 0.2) is 0 Å². The molecule has 4 N–H and O–H groups in total. The first-order chi connectivity index (χ1) is 8.01. The van der Waals surface area contributed by atoms with Crippen LogP contribution in [0.1, 0.15) is 24.8 Å². The number of nitrogens with two attached hydrogens (primary N) is 2. The van der Waals surface area contributed by atoms with Crippen molar-refractivity contribution < 1.29 is 4.79 Å². The van der Waals surface area contributed by atoms with Crippen molar-refractivity contribution in [2.24, 2.45) is 11.5 Å². The fourth-order valence-electron chi connectivity index (χ4n) is 2.22. The lowest BCUT2D eigenvalue weighted by Crippen LogP contribution is -2.50. The number of carbonyl (C=O) groups is 1. The third-order valence-electron chi connectivity index (χ3n) is 3.38. The summed E-state index contributed by atoms with van der Waals surface area (Å²) in [7, 11) is 0. The molecule has 1 aliphatic carbocycles. The second-order valence-corrected chi connectivity index (χ2v) is 6.11. The summed E-state index contributed by atoms with van der Waals surface area (Å²) in [6, 6.07) is 8.28. The van der Waals surface area contributed by atoms with E-state index in [1.54, 1.807) is 0 Å². The van der Waals surface area contributed by atoms with E-state index in [2.05, 4.69) is 19.1 Å².